The number of hydrogen-bond donors (Lipinski definition) is 3. The molecule has 0 aliphatic carbocycles. The number of rotatable bonds is 8. The molecular formula is C23H21N3O8S. The molecule has 3 aromatic rings. The van der Waals surface area contributed by atoms with Crippen LogP contribution in [0.1, 0.15) is 44.5 Å². The lowest BCUT2D eigenvalue weighted by Gasteiger charge is -2.27. The van der Waals surface area contributed by atoms with Gasteiger partial charge in [-0.25, -0.2) is 14.4 Å². The molecule has 1 atom stereocenters. The lowest BCUT2D eigenvalue weighted by atomic mass is 10.0. The number of anilines is 1. The summed E-state index contributed by atoms with van der Waals surface area (Å²) in [7, 11) is 0. The van der Waals surface area contributed by atoms with Crippen LogP contribution < -0.4 is 16.0 Å². The molecule has 3 N–H and O–H groups in total. The molecule has 0 saturated heterocycles. The van der Waals surface area contributed by atoms with E-state index in [4.69, 9.17) is 18.3 Å². The summed E-state index contributed by atoms with van der Waals surface area (Å²) in [6.45, 7) is 3.05. The van der Waals surface area contributed by atoms with Crippen LogP contribution in [0, 0.1) is 6.92 Å². The van der Waals surface area contributed by atoms with Crippen molar-refractivity contribution in [2.24, 2.45) is 0 Å². The Balaban J connectivity index is 1.52. The molecule has 4 heterocycles. The van der Waals surface area contributed by atoms with Crippen LogP contribution in [0.2, 0.25) is 0 Å². The molecule has 11 nitrogen and oxygen atoms in total. The van der Waals surface area contributed by atoms with Gasteiger partial charge in [-0.1, -0.05) is 0 Å². The van der Waals surface area contributed by atoms with Gasteiger partial charge in [0, 0.05) is 0 Å². The second-order valence-electron chi connectivity index (χ2n) is 7.29. The van der Waals surface area contributed by atoms with Gasteiger partial charge < -0.3 is 34.3 Å². The third-order valence-electron chi connectivity index (χ3n) is 4.91. The molecule has 0 saturated carbocycles. The number of urea groups is 1. The number of furan rings is 2. The summed E-state index contributed by atoms with van der Waals surface area (Å²) in [5.41, 5.74) is 0.711. The Kier molecular flexibility index (Phi) is 7.01. The van der Waals surface area contributed by atoms with Crippen LogP contribution in [0.15, 0.2) is 63.0 Å². The van der Waals surface area contributed by atoms with E-state index < -0.39 is 36.5 Å². The van der Waals surface area contributed by atoms with Gasteiger partial charge in [0.1, 0.15) is 23.3 Å². The minimum Gasteiger partial charge on any atom is -0.467 e. The van der Waals surface area contributed by atoms with Crippen LogP contribution in [-0.4, -0.2) is 37.1 Å². The molecule has 1 aliphatic heterocycles. The first-order chi connectivity index (χ1) is 16.9. The van der Waals surface area contributed by atoms with Crippen molar-refractivity contribution in [2.75, 3.05) is 18.5 Å². The van der Waals surface area contributed by atoms with Gasteiger partial charge in [0.25, 0.3) is 5.91 Å². The van der Waals surface area contributed by atoms with Gasteiger partial charge in [0.05, 0.1) is 35.4 Å². The van der Waals surface area contributed by atoms with Crippen molar-refractivity contribution < 1.29 is 37.5 Å². The zero-order chi connectivity index (χ0) is 24.9. The van der Waals surface area contributed by atoms with Gasteiger partial charge in [-0.15, -0.1) is 11.3 Å². The average molecular weight is 500 g/mol. The minimum absolute atomic E-state index is 0.0588. The highest BCUT2D eigenvalue weighted by Crippen LogP contribution is 2.30. The van der Waals surface area contributed by atoms with E-state index >= 15 is 0 Å². The van der Waals surface area contributed by atoms with Crippen LogP contribution >= 0.6 is 11.3 Å². The molecule has 0 fully saturated rings. The molecule has 4 rings (SSSR count). The highest BCUT2D eigenvalue weighted by molar-refractivity contribution is 7.18. The van der Waals surface area contributed by atoms with Crippen LogP contribution in [-0.2, 0) is 14.3 Å². The molecule has 0 spiro atoms. The Morgan fingerprint density at radius 3 is 2.57 bits per heavy atom. The number of esters is 2. The van der Waals surface area contributed by atoms with Crippen molar-refractivity contribution in [3.63, 3.8) is 0 Å². The largest absolute Gasteiger partial charge is 0.467 e. The van der Waals surface area contributed by atoms with E-state index in [1.54, 1.807) is 38.1 Å². The van der Waals surface area contributed by atoms with Gasteiger partial charge in [0.15, 0.2) is 5.76 Å². The van der Waals surface area contributed by atoms with Crippen LogP contribution in [0.4, 0.5) is 9.80 Å². The molecule has 0 radical (unpaired) electrons. The van der Waals surface area contributed by atoms with Crippen molar-refractivity contribution in [3.8, 4) is 0 Å². The molecule has 35 heavy (non-hydrogen) atoms. The van der Waals surface area contributed by atoms with E-state index in [9.17, 15) is 19.2 Å². The smallest absolute Gasteiger partial charge is 0.349 e. The lowest BCUT2D eigenvalue weighted by molar-refractivity contribution is -0.139. The average Bonchev–Trinajstić information content (AvgIpc) is 3.59. The Hall–Kier alpha value is -4.32. The highest BCUT2D eigenvalue weighted by Gasteiger charge is 2.36. The van der Waals surface area contributed by atoms with E-state index in [1.807, 2.05) is 0 Å². The topological polar surface area (TPSA) is 149 Å². The van der Waals surface area contributed by atoms with Crippen molar-refractivity contribution in [2.45, 2.75) is 19.9 Å². The normalized spacial score (nSPS) is 15.3. The van der Waals surface area contributed by atoms with Crippen LogP contribution in [0.25, 0.3) is 0 Å². The Bertz CT molecular complexity index is 1270. The maximum Gasteiger partial charge on any atom is 0.349 e. The summed E-state index contributed by atoms with van der Waals surface area (Å²) < 4.78 is 21.0. The second-order valence-corrected chi connectivity index (χ2v) is 8.34. The van der Waals surface area contributed by atoms with Gasteiger partial charge in [-0.2, -0.15) is 0 Å². The number of amides is 3. The Morgan fingerprint density at radius 2 is 1.89 bits per heavy atom. The first-order valence-corrected chi connectivity index (χ1v) is 11.3. The second kappa shape index (κ2) is 10.3. The summed E-state index contributed by atoms with van der Waals surface area (Å²) in [6, 6.07) is 6.44. The maximum atomic E-state index is 12.8. The molecule has 0 bridgehead atoms. The zero-order valence-electron chi connectivity index (χ0n) is 18.7. The predicted octanol–water partition coefficient (Wildman–Crippen LogP) is 3.52. The molecule has 3 amide bonds. The molecule has 3 aromatic heterocycles. The molecule has 1 aliphatic rings. The molecule has 1 unspecified atom stereocenters. The summed E-state index contributed by atoms with van der Waals surface area (Å²) in [5.74, 6) is -1.39. The molecule has 182 valence electrons. The van der Waals surface area contributed by atoms with E-state index in [0.29, 0.717) is 16.3 Å². The first kappa shape index (κ1) is 23.8. The minimum atomic E-state index is -0.918. The number of carbonyl (C=O) groups excluding carboxylic acids is 4. The summed E-state index contributed by atoms with van der Waals surface area (Å²) in [6.07, 6.45) is 2.79. The van der Waals surface area contributed by atoms with Crippen molar-refractivity contribution >= 4 is 40.2 Å². The number of hydrogen-bond acceptors (Lipinski definition) is 9. The number of ether oxygens (including phenoxy) is 2. The predicted molar refractivity (Wildman–Crippen MR) is 123 cm³/mol. The first-order valence-electron chi connectivity index (χ1n) is 10.5. The zero-order valence-corrected chi connectivity index (χ0v) is 19.5. The summed E-state index contributed by atoms with van der Waals surface area (Å²) in [4.78, 5) is 50.2. The summed E-state index contributed by atoms with van der Waals surface area (Å²) >= 11 is 1.02. The van der Waals surface area contributed by atoms with Gasteiger partial charge in [-0.05, 0) is 49.7 Å². The van der Waals surface area contributed by atoms with E-state index in [1.165, 1.54) is 18.6 Å². The Labute approximate surface area is 203 Å². The highest BCUT2D eigenvalue weighted by atomic mass is 32.1. The fourth-order valence-corrected chi connectivity index (χ4v) is 4.34. The van der Waals surface area contributed by atoms with Crippen molar-refractivity contribution in [1.82, 2.24) is 10.6 Å². The van der Waals surface area contributed by atoms with Crippen molar-refractivity contribution in [1.29, 1.82) is 0 Å². The van der Waals surface area contributed by atoms with Crippen molar-refractivity contribution in [3.05, 3.63) is 76.1 Å². The van der Waals surface area contributed by atoms with Gasteiger partial charge >= 0.3 is 18.0 Å². The monoisotopic (exact) mass is 499 g/mol. The Morgan fingerprint density at radius 1 is 1.11 bits per heavy atom. The quantitative estimate of drug-likeness (QED) is 0.399. The fourth-order valence-electron chi connectivity index (χ4n) is 3.38. The number of aryl methyl sites for hydroxylation is 1. The number of carbonyl (C=O) groups is 4. The van der Waals surface area contributed by atoms with Crippen LogP contribution in [0.3, 0.4) is 0 Å². The van der Waals surface area contributed by atoms with E-state index in [-0.39, 0.29) is 28.5 Å². The third-order valence-corrected chi connectivity index (χ3v) is 6.04. The SMILES string of the molecule is CCOC(=O)C1=C(COC(=O)c2sc(NC(=O)c3ccco3)cc2C)NC(=O)NC1c1ccco1. The fraction of sp³-hybridized carbons (Fsp3) is 0.217. The molecule has 0 aromatic carbocycles. The van der Waals surface area contributed by atoms with Gasteiger partial charge in [0.2, 0.25) is 0 Å². The van der Waals surface area contributed by atoms with E-state index in [2.05, 4.69) is 16.0 Å². The molecule has 12 heteroatoms. The number of thiophene rings is 1. The standard InChI is InChI=1S/C23H21N3O8S/c1-3-31-21(28)17-13(24-23(30)26-18(17)14-6-4-8-32-14)11-34-22(29)19-12(2)10-16(35-19)25-20(27)15-7-5-9-33-15/h4-10,18H,3,11H2,1-2H3,(H,25,27)(H2,24,26,30). The third kappa shape index (κ3) is 5.27. The summed E-state index contributed by atoms with van der Waals surface area (Å²) in [5, 5.41) is 8.21. The van der Waals surface area contributed by atoms with Crippen LogP contribution in [0.5, 0.6) is 0 Å². The maximum absolute atomic E-state index is 12.8. The molecular weight excluding hydrogens is 478 g/mol. The number of nitrogens with one attached hydrogen (secondary N) is 3. The lowest BCUT2D eigenvalue weighted by Crippen LogP contribution is -2.47. The van der Waals surface area contributed by atoms with Gasteiger partial charge in [-0.3, -0.25) is 4.79 Å². The van der Waals surface area contributed by atoms with E-state index in [0.717, 1.165) is 11.3 Å².